The number of amides is 2. The van der Waals surface area contributed by atoms with Crippen LogP contribution in [0.1, 0.15) is 58.3 Å². The number of hydrogen-bond acceptors (Lipinski definition) is 3. The first-order valence-corrected chi connectivity index (χ1v) is 6.12. The first-order chi connectivity index (χ1) is 8.16. The molecular formula is C12H22N4O. The summed E-state index contributed by atoms with van der Waals surface area (Å²) < 4.78 is 0. The van der Waals surface area contributed by atoms with Crippen molar-refractivity contribution in [3.63, 3.8) is 0 Å². The molecule has 0 aliphatic rings. The number of unbranched alkanes of at least 4 members (excludes halogenated alkanes) is 6. The molecule has 0 aromatic heterocycles. The van der Waals surface area contributed by atoms with E-state index in [4.69, 9.17) is 11.0 Å². The average Bonchev–Trinajstić information content (AvgIpc) is 2.30. The average molecular weight is 238 g/mol. The molecule has 0 saturated carbocycles. The normalized spacial score (nSPS) is 10.9. The maximum atomic E-state index is 10.4. The molecule has 0 aliphatic heterocycles. The van der Waals surface area contributed by atoms with Crippen LogP contribution in [0.15, 0.2) is 5.10 Å². The monoisotopic (exact) mass is 238 g/mol. The lowest BCUT2D eigenvalue weighted by atomic mass is 10.1. The molecular weight excluding hydrogens is 216 g/mol. The molecule has 0 radical (unpaired) electrons. The molecule has 0 aliphatic carbocycles. The molecule has 0 aromatic carbocycles. The third kappa shape index (κ3) is 12.4. The summed E-state index contributed by atoms with van der Waals surface area (Å²) in [5.74, 6) is 0. The van der Waals surface area contributed by atoms with Gasteiger partial charge < -0.3 is 5.73 Å². The molecule has 0 spiro atoms. The minimum atomic E-state index is -0.623. The Morgan fingerprint density at radius 1 is 1.24 bits per heavy atom. The van der Waals surface area contributed by atoms with Gasteiger partial charge in [0.1, 0.15) is 0 Å². The Kier molecular flexibility index (Phi) is 9.92. The molecule has 0 rings (SSSR count). The van der Waals surface area contributed by atoms with E-state index in [0.29, 0.717) is 6.42 Å². The fourth-order valence-electron chi connectivity index (χ4n) is 1.50. The quantitative estimate of drug-likeness (QED) is 0.367. The number of primary amides is 1. The first-order valence-electron chi connectivity index (χ1n) is 6.12. The predicted octanol–water partition coefficient (Wildman–Crippen LogP) is 2.67. The Labute approximate surface area is 103 Å². The molecule has 0 atom stereocenters. The highest BCUT2D eigenvalue weighted by molar-refractivity contribution is 5.83. The molecule has 5 nitrogen and oxygen atoms in total. The lowest BCUT2D eigenvalue weighted by Crippen LogP contribution is -2.25. The molecule has 17 heavy (non-hydrogen) atoms. The van der Waals surface area contributed by atoms with Crippen LogP contribution in [-0.4, -0.2) is 11.7 Å². The molecule has 5 heteroatoms. The highest BCUT2D eigenvalue weighted by Gasteiger charge is 1.95. The van der Waals surface area contributed by atoms with Crippen molar-refractivity contribution in [1.29, 1.82) is 5.26 Å². The van der Waals surface area contributed by atoms with Crippen LogP contribution >= 0.6 is 0 Å². The number of hydrogen-bond donors (Lipinski definition) is 2. The summed E-state index contributed by atoms with van der Waals surface area (Å²) in [7, 11) is 0. The Morgan fingerprint density at radius 3 is 2.41 bits per heavy atom. The van der Waals surface area contributed by atoms with Gasteiger partial charge in [-0.2, -0.15) is 10.4 Å². The summed E-state index contributed by atoms with van der Waals surface area (Å²) in [5.41, 5.74) is 8.01. The van der Waals surface area contributed by atoms with Crippen molar-refractivity contribution < 1.29 is 4.79 Å². The van der Waals surface area contributed by atoms with Crippen molar-refractivity contribution in [2.45, 2.75) is 58.3 Å². The maximum Gasteiger partial charge on any atom is 0.332 e. The zero-order valence-electron chi connectivity index (χ0n) is 10.5. The van der Waals surface area contributed by atoms with Crippen LogP contribution in [0.4, 0.5) is 4.79 Å². The molecule has 0 fully saturated rings. The van der Waals surface area contributed by atoms with Crippen molar-refractivity contribution in [1.82, 2.24) is 5.43 Å². The zero-order chi connectivity index (χ0) is 12.9. The van der Waals surface area contributed by atoms with Gasteiger partial charge in [0.2, 0.25) is 0 Å². The fraction of sp³-hybridized carbons (Fsp3) is 0.750. The summed E-state index contributed by atoms with van der Waals surface area (Å²) in [6, 6.07) is 1.52. The number of hydrazone groups is 1. The van der Waals surface area contributed by atoms with Crippen LogP contribution in [0.3, 0.4) is 0 Å². The highest BCUT2D eigenvalue weighted by atomic mass is 16.2. The molecule has 2 amide bonds. The number of rotatable bonds is 9. The van der Waals surface area contributed by atoms with Crippen molar-refractivity contribution in [3.05, 3.63) is 0 Å². The number of nitriles is 1. The van der Waals surface area contributed by atoms with E-state index < -0.39 is 6.03 Å². The molecule has 0 aromatic rings. The molecule has 0 saturated heterocycles. The standard InChI is InChI=1S/C12H22N4O/c1-11(15-16-12(14)17)9-7-5-3-2-4-6-8-10-13/h2-9H2,1H3,(H3,14,16,17)/b15-11-. The van der Waals surface area contributed by atoms with Crippen molar-refractivity contribution >= 4 is 11.7 Å². The smallest absolute Gasteiger partial charge is 0.332 e. The van der Waals surface area contributed by atoms with Crippen LogP contribution in [-0.2, 0) is 0 Å². The Bertz CT molecular complexity index is 281. The van der Waals surface area contributed by atoms with Crippen molar-refractivity contribution in [2.24, 2.45) is 10.8 Å². The van der Waals surface area contributed by atoms with Crippen LogP contribution < -0.4 is 11.2 Å². The van der Waals surface area contributed by atoms with E-state index in [0.717, 1.165) is 37.8 Å². The maximum absolute atomic E-state index is 10.4. The van der Waals surface area contributed by atoms with Gasteiger partial charge >= 0.3 is 6.03 Å². The first kappa shape index (κ1) is 15.4. The van der Waals surface area contributed by atoms with Crippen LogP contribution in [0, 0.1) is 11.3 Å². The van der Waals surface area contributed by atoms with E-state index in [-0.39, 0.29) is 0 Å². The molecule has 3 N–H and O–H groups in total. The van der Waals surface area contributed by atoms with Gasteiger partial charge in [-0.1, -0.05) is 25.7 Å². The third-order valence-electron chi connectivity index (χ3n) is 2.43. The van der Waals surface area contributed by atoms with Gasteiger partial charge in [0.15, 0.2) is 0 Å². The molecule has 0 bridgehead atoms. The topological polar surface area (TPSA) is 91.3 Å². The van der Waals surface area contributed by atoms with E-state index in [2.05, 4.69) is 16.6 Å². The largest absolute Gasteiger partial charge is 0.350 e. The van der Waals surface area contributed by atoms with E-state index in [1.165, 1.54) is 12.8 Å². The number of nitrogens with one attached hydrogen (secondary N) is 1. The number of nitrogens with zero attached hydrogens (tertiary/aromatic N) is 2. The number of nitrogens with two attached hydrogens (primary N) is 1. The summed E-state index contributed by atoms with van der Waals surface area (Å²) >= 11 is 0. The van der Waals surface area contributed by atoms with Crippen LogP contribution in [0.5, 0.6) is 0 Å². The van der Waals surface area contributed by atoms with Gasteiger partial charge in [-0.15, -0.1) is 0 Å². The second kappa shape index (κ2) is 10.9. The Balaban J connectivity index is 3.30. The predicted molar refractivity (Wildman–Crippen MR) is 68.4 cm³/mol. The Morgan fingerprint density at radius 2 is 1.82 bits per heavy atom. The van der Waals surface area contributed by atoms with E-state index in [9.17, 15) is 4.79 Å². The molecule has 96 valence electrons. The van der Waals surface area contributed by atoms with E-state index >= 15 is 0 Å². The van der Waals surface area contributed by atoms with E-state index in [1.54, 1.807) is 0 Å². The second-order valence-corrected chi connectivity index (χ2v) is 4.10. The summed E-state index contributed by atoms with van der Waals surface area (Å²) in [4.78, 5) is 10.4. The van der Waals surface area contributed by atoms with Crippen molar-refractivity contribution in [3.8, 4) is 6.07 Å². The van der Waals surface area contributed by atoms with Gasteiger partial charge in [-0.25, -0.2) is 10.2 Å². The minimum Gasteiger partial charge on any atom is -0.350 e. The fourth-order valence-corrected chi connectivity index (χ4v) is 1.50. The number of carbonyl (C=O) groups is 1. The molecule has 0 unspecified atom stereocenters. The van der Waals surface area contributed by atoms with Gasteiger partial charge in [-0.3, -0.25) is 0 Å². The zero-order valence-corrected chi connectivity index (χ0v) is 10.5. The van der Waals surface area contributed by atoms with Gasteiger partial charge in [0, 0.05) is 12.1 Å². The lowest BCUT2D eigenvalue weighted by Gasteiger charge is -2.01. The number of carbonyl (C=O) groups excluding carboxylic acids is 1. The highest BCUT2D eigenvalue weighted by Crippen LogP contribution is 2.08. The van der Waals surface area contributed by atoms with Gasteiger partial charge in [0.25, 0.3) is 0 Å². The van der Waals surface area contributed by atoms with E-state index in [1.807, 2.05) is 6.92 Å². The van der Waals surface area contributed by atoms with Crippen LogP contribution in [0.25, 0.3) is 0 Å². The van der Waals surface area contributed by atoms with Crippen LogP contribution in [0.2, 0.25) is 0 Å². The lowest BCUT2D eigenvalue weighted by molar-refractivity contribution is 0.249. The summed E-state index contributed by atoms with van der Waals surface area (Å²) in [6.07, 6.45) is 8.34. The number of urea groups is 1. The van der Waals surface area contributed by atoms with Gasteiger partial charge in [-0.05, 0) is 26.2 Å². The van der Waals surface area contributed by atoms with Gasteiger partial charge in [0.05, 0.1) is 6.07 Å². The Hall–Kier alpha value is -1.57. The minimum absolute atomic E-state index is 0.623. The second-order valence-electron chi connectivity index (χ2n) is 4.10. The summed E-state index contributed by atoms with van der Waals surface area (Å²) in [5, 5.41) is 12.2. The third-order valence-corrected chi connectivity index (χ3v) is 2.43. The van der Waals surface area contributed by atoms with Crippen molar-refractivity contribution in [2.75, 3.05) is 0 Å². The molecule has 0 heterocycles. The summed E-state index contributed by atoms with van der Waals surface area (Å²) in [6.45, 7) is 1.88. The SMILES string of the molecule is C/C(CCCCCCCCC#N)=N/NC(N)=O.